The van der Waals surface area contributed by atoms with E-state index >= 15 is 0 Å². The van der Waals surface area contributed by atoms with Crippen molar-refractivity contribution in [3.63, 3.8) is 0 Å². The molecule has 1 amide bonds. The number of nitrogens with zero attached hydrogens (tertiary/aromatic N) is 2. The van der Waals surface area contributed by atoms with Crippen molar-refractivity contribution < 1.29 is 17.9 Å². The molecule has 1 aromatic carbocycles. The quantitative estimate of drug-likeness (QED) is 0.808. The summed E-state index contributed by atoms with van der Waals surface area (Å²) in [6, 6.07) is 5.00. The van der Waals surface area contributed by atoms with Crippen molar-refractivity contribution in [3.8, 4) is 0 Å². The zero-order chi connectivity index (χ0) is 18.9. The van der Waals surface area contributed by atoms with Gasteiger partial charge in [-0.2, -0.15) is 4.31 Å². The van der Waals surface area contributed by atoms with Crippen LogP contribution in [0.4, 0.5) is 0 Å². The smallest absolute Gasteiger partial charge is 0.254 e. The SMILES string of the molecule is Cc1ccc(C(=O)N2C[C@@H](C)O[C@@H](C)C2)cc1S(=O)(=O)N1CCCCC1. The maximum atomic E-state index is 13.0. The van der Waals surface area contributed by atoms with Gasteiger partial charge in [0.1, 0.15) is 0 Å². The topological polar surface area (TPSA) is 66.9 Å². The number of sulfonamides is 1. The number of morpholine rings is 1. The van der Waals surface area contributed by atoms with Crippen LogP contribution in [0.2, 0.25) is 0 Å². The molecule has 0 aliphatic carbocycles. The van der Waals surface area contributed by atoms with Crippen LogP contribution in [0.1, 0.15) is 49.0 Å². The van der Waals surface area contributed by atoms with Crippen molar-refractivity contribution in [3.05, 3.63) is 29.3 Å². The fourth-order valence-corrected chi connectivity index (χ4v) is 5.55. The highest BCUT2D eigenvalue weighted by atomic mass is 32.2. The van der Waals surface area contributed by atoms with E-state index in [-0.39, 0.29) is 23.0 Å². The van der Waals surface area contributed by atoms with Crippen molar-refractivity contribution in [1.29, 1.82) is 0 Å². The van der Waals surface area contributed by atoms with Gasteiger partial charge in [0.25, 0.3) is 5.91 Å². The third-order valence-electron chi connectivity index (χ3n) is 5.07. The fourth-order valence-electron chi connectivity index (χ4n) is 3.78. The zero-order valence-electron chi connectivity index (χ0n) is 15.8. The molecule has 6 nitrogen and oxygen atoms in total. The Bertz CT molecular complexity index is 762. The summed E-state index contributed by atoms with van der Waals surface area (Å²) in [5.74, 6) is -0.137. The zero-order valence-corrected chi connectivity index (χ0v) is 16.6. The first kappa shape index (κ1) is 19.3. The second kappa shape index (κ2) is 7.66. The monoisotopic (exact) mass is 380 g/mol. The first-order valence-corrected chi connectivity index (χ1v) is 10.8. The molecule has 1 aromatic rings. The van der Waals surface area contributed by atoms with Crippen LogP contribution in [0.15, 0.2) is 23.1 Å². The summed E-state index contributed by atoms with van der Waals surface area (Å²) in [6.45, 7) is 7.81. The number of carbonyl (C=O) groups excluding carboxylic acids is 1. The molecule has 3 rings (SSSR count). The largest absolute Gasteiger partial charge is 0.372 e. The predicted octanol–water partition coefficient (Wildman–Crippen LogP) is 2.42. The van der Waals surface area contributed by atoms with E-state index in [4.69, 9.17) is 4.74 Å². The molecule has 0 bridgehead atoms. The minimum absolute atomic E-state index is 0.0234. The van der Waals surface area contributed by atoms with Crippen LogP contribution < -0.4 is 0 Å². The number of piperidine rings is 1. The molecule has 2 saturated heterocycles. The van der Waals surface area contributed by atoms with Gasteiger partial charge in [-0.25, -0.2) is 8.42 Å². The highest BCUT2D eigenvalue weighted by Gasteiger charge is 2.30. The number of hydrogen-bond donors (Lipinski definition) is 0. The van der Waals surface area contributed by atoms with Crippen molar-refractivity contribution in [2.45, 2.75) is 57.1 Å². The van der Waals surface area contributed by atoms with E-state index in [2.05, 4.69) is 0 Å². The predicted molar refractivity (Wildman–Crippen MR) is 99.7 cm³/mol. The molecule has 0 N–H and O–H groups in total. The summed E-state index contributed by atoms with van der Waals surface area (Å²) in [7, 11) is -3.56. The Morgan fingerprint density at radius 2 is 1.69 bits per heavy atom. The molecule has 0 unspecified atom stereocenters. The van der Waals surface area contributed by atoms with E-state index in [9.17, 15) is 13.2 Å². The molecule has 2 fully saturated rings. The standard InChI is InChI=1S/C19H28N2O4S/c1-14-7-8-17(19(22)20-12-15(2)25-16(3)13-20)11-18(14)26(23,24)21-9-5-4-6-10-21/h7-8,11,15-16H,4-6,9-10,12-13H2,1-3H3/t15-,16+. The molecule has 0 saturated carbocycles. The Hall–Kier alpha value is -1.44. The molecule has 7 heteroatoms. The van der Waals surface area contributed by atoms with Gasteiger partial charge in [-0.15, -0.1) is 0 Å². The summed E-state index contributed by atoms with van der Waals surface area (Å²) in [4.78, 5) is 14.9. The van der Waals surface area contributed by atoms with Crippen molar-refractivity contribution in [2.24, 2.45) is 0 Å². The minimum Gasteiger partial charge on any atom is -0.372 e. The van der Waals surface area contributed by atoms with E-state index < -0.39 is 10.0 Å². The molecule has 2 aliphatic heterocycles. The molecule has 2 heterocycles. The molecular weight excluding hydrogens is 352 g/mol. The Morgan fingerprint density at radius 3 is 2.31 bits per heavy atom. The summed E-state index contributed by atoms with van der Waals surface area (Å²) in [5.41, 5.74) is 1.10. The number of aryl methyl sites for hydroxylation is 1. The minimum atomic E-state index is -3.56. The highest BCUT2D eigenvalue weighted by Crippen LogP contribution is 2.25. The number of benzene rings is 1. The first-order valence-electron chi connectivity index (χ1n) is 9.34. The second-order valence-corrected chi connectivity index (χ2v) is 9.32. The lowest BCUT2D eigenvalue weighted by Gasteiger charge is -2.35. The van der Waals surface area contributed by atoms with Crippen molar-refractivity contribution >= 4 is 15.9 Å². The summed E-state index contributed by atoms with van der Waals surface area (Å²) in [6.07, 6.45) is 2.80. The van der Waals surface area contributed by atoms with Crippen LogP contribution in [-0.4, -0.2) is 61.9 Å². The molecule has 144 valence electrons. The lowest BCUT2D eigenvalue weighted by Crippen LogP contribution is -2.48. The number of hydrogen-bond acceptors (Lipinski definition) is 4. The van der Waals surface area contributed by atoms with Crippen molar-refractivity contribution in [2.75, 3.05) is 26.2 Å². The average molecular weight is 381 g/mol. The van der Waals surface area contributed by atoms with E-state index in [1.807, 2.05) is 13.8 Å². The number of carbonyl (C=O) groups is 1. The Balaban J connectivity index is 1.88. The third kappa shape index (κ3) is 3.94. The maximum Gasteiger partial charge on any atom is 0.254 e. The summed E-state index contributed by atoms with van der Waals surface area (Å²) < 4.78 is 33.3. The van der Waals surface area contributed by atoms with Crippen LogP contribution in [0, 0.1) is 6.92 Å². The van der Waals surface area contributed by atoms with Gasteiger partial charge in [-0.1, -0.05) is 12.5 Å². The van der Waals surface area contributed by atoms with E-state index in [0.29, 0.717) is 37.3 Å². The fraction of sp³-hybridized carbons (Fsp3) is 0.632. The molecule has 26 heavy (non-hydrogen) atoms. The Morgan fingerprint density at radius 1 is 1.08 bits per heavy atom. The van der Waals surface area contributed by atoms with Gasteiger partial charge in [-0.05, 0) is 51.3 Å². The molecule has 0 spiro atoms. The molecule has 2 aliphatic rings. The number of ether oxygens (including phenoxy) is 1. The first-order chi connectivity index (χ1) is 12.3. The number of amides is 1. The Labute approximate surface area is 156 Å². The van der Waals surface area contributed by atoms with Gasteiger partial charge in [0, 0.05) is 31.7 Å². The van der Waals surface area contributed by atoms with Gasteiger partial charge in [-0.3, -0.25) is 4.79 Å². The third-order valence-corrected chi connectivity index (χ3v) is 7.12. The average Bonchev–Trinajstić information content (AvgIpc) is 2.61. The van der Waals surface area contributed by atoms with Gasteiger partial charge in [0.05, 0.1) is 17.1 Å². The van der Waals surface area contributed by atoms with Crippen molar-refractivity contribution in [1.82, 2.24) is 9.21 Å². The number of rotatable bonds is 3. The van der Waals surface area contributed by atoms with Crippen LogP contribution in [0.5, 0.6) is 0 Å². The van der Waals surface area contributed by atoms with Crippen LogP contribution >= 0.6 is 0 Å². The van der Waals surface area contributed by atoms with E-state index in [1.165, 1.54) is 0 Å². The van der Waals surface area contributed by atoms with Gasteiger partial charge < -0.3 is 9.64 Å². The lowest BCUT2D eigenvalue weighted by molar-refractivity contribution is -0.0586. The lowest BCUT2D eigenvalue weighted by atomic mass is 10.1. The molecule has 2 atom stereocenters. The maximum absolute atomic E-state index is 13.0. The van der Waals surface area contributed by atoms with E-state index in [0.717, 1.165) is 19.3 Å². The molecule has 0 radical (unpaired) electrons. The van der Waals surface area contributed by atoms with Crippen LogP contribution in [-0.2, 0) is 14.8 Å². The van der Waals surface area contributed by atoms with Gasteiger partial charge in [0.2, 0.25) is 10.0 Å². The normalized spacial score (nSPS) is 25.3. The Kier molecular flexibility index (Phi) is 5.69. The summed E-state index contributed by atoms with van der Waals surface area (Å²) in [5, 5.41) is 0. The van der Waals surface area contributed by atoms with Gasteiger partial charge in [0.15, 0.2) is 0 Å². The van der Waals surface area contributed by atoms with Gasteiger partial charge >= 0.3 is 0 Å². The van der Waals surface area contributed by atoms with E-state index in [1.54, 1.807) is 34.3 Å². The highest BCUT2D eigenvalue weighted by molar-refractivity contribution is 7.89. The van der Waals surface area contributed by atoms with Crippen LogP contribution in [0.3, 0.4) is 0 Å². The van der Waals surface area contributed by atoms with Crippen LogP contribution in [0.25, 0.3) is 0 Å². The second-order valence-electron chi connectivity index (χ2n) is 7.41. The summed E-state index contributed by atoms with van der Waals surface area (Å²) >= 11 is 0. The molecular formula is C19H28N2O4S. The molecule has 0 aromatic heterocycles.